The number of nitrogens with zero attached hydrogens (tertiary/aromatic N) is 2. The molecule has 1 saturated carbocycles. The molecule has 8 heteroatoms. The molecule has 2 aromatic carbocycles. The Morgan fingerprint density at radius 1 is 1.16 bits per heavy atom. The maximum absolute atomic E-state index is 13.2. The summed E-state index contributed by atoms with van der Waals surface area (Å²) in [6, 6.07) is 14.9. The van der Waals surface area contributed by atoms with E-state index in [0.717, 1.165) is 24.2 Å². The van der Waals surface area contributed by atoms with Crippen LogP contribution in [0.5, 0.6) is 11.5 Å². The summed E-state index contributed by atoms with van der Waals surface area (Å²) in [5.74, 6) is 1.25. The zero-order valence-corrected chi connectivity index (χ0v) is 18.1. The average Bonchev–Trinajstić information content (AvgIpc) is 3.55. The van der Waals surface area contributed by atoms with Gasteiger partial charge in [-0.2, -0.15) is 0 Å². The van der Waals surface area contributed by atoms with Crippen LogP contribution >= 0.6 is 11.8 Å². The highest BCUT2D eigenvalue weighted by molar-refractivity contribution is 8.14. The number of thioether (sulfide) groups is 1. The first-order valence-corrected chi connectivity index (χ1v) is 10.9. The van der Waals surface area contributed by atoms with Crippen molar-refractivity contribution < 1.29 is 19.1 Å². The average molecular weight is 438 g/mol. The van der Waals surface area contributed by atoms with Crippen LogP contribution in [0.25, 0.3) is 6.08 Å². The minimum absolute atomic E-state index is 0.0548. The first-order chi connectivity index (χ1) is 15.1. The van der Waals surface area contributed by atoms with Crippen molar-refractivity contribution >= 4 is 40.5 Å². The Hall–Kier alpha value is -3.26. The van der Waals surface area contributed by atoms with Crippen LogP contribution in [-0.2, 0) is 9.59 Å². The SMILES string of the molecule is COc1ccc(/C=C2\N=C(SCC(=O)NC3CC3)N(c3cccc(OC)c3)C2=O)cc1. The molecule has 1 fully saturated rings. The maximum Gasteiger partial charge on any atom is 0.283 e. The van der Waals surface area contributed by atoms with E-state index in [9.17, 15) is 9.59 Å². The molecule has 1 N–H and O–H groups in total. The molecule has 1 aliphatic carbocycles. The summed E-state index contributed by atoms with van der Waals surface area (Å²) in [6.45, 7) is 0. The molecule has 0 atom stereocenters. The highest BCUT2D eigenvalue weighted by atomic mass is 32.2. The second-order valence-corrected chi connectivity index (χ2v) is 8.11. The van der Waals surface area contributed by atoms with Gasteiger partial charge in [0.2, 0.25) is 5.91 Å². The van der Waals surface area contributed by atoms with E-state index in [1.54, 1.807) is 26.4 Å². The lowest BCUT2D eigenvalue weighted by atomic mass is 10.2. The smallest absolute Gasteiger partial charge is 0.283 e. The Labute approximate surface area is 185 Å². The van der Waals surface area contributed by atoms with Crippen LogP contribution in [-0.4, -0.2) is 43.0 Å². The number of anilines is 1. The zero-order valence-electron chi connectivity index (χ0n) is 17.3. The molecule has 31 heavy (non-hydrogen) atoms. The van der Waals surface area contributed by atoms with Crippen LogP contribution in [0.1, 0.15) is 18.4 Å². The number of nitrogens with one attached hydrogen (secondary N) is 1. The third-order valence-corrected chi connectivity index (χ3v) is 5.77. The number of hydrogen-bond donors (Lipinski definition) is 1. The van der Waals surface area contributed by atoms with Gasteiger partial charge in [-0.15, -0.1) is 0 Å². The lowest BCUT2D eigenvalue weighted by Gasteiger charge is -2.18. The largest absolute Gasteiger partial charge is 0.497 e. The molecule has 0 unspecified atom stereocenters. The van der Waals surface area contributed by atoms with Gasteiger partial charge in [-0.3, -0.25) is 14.5 Å². The molecular formula is C23H23N3O4S. The van der Waals surface area contributed by atoms with Gasteiger partial charge in [-0.1, -0.05) is 30.0 Å². The lowest BCUT2D eigenvalue weighted by Crippen LogP contribution is -2.32. The van der Waals surface area contributed by atoms with E-state index in [0.29, 0.717) is 28.3 Å². The Balaban J connectivity index is 1.60. The van der Waals surface area contributed by atoms with Crippen molar-refractivity contribution in [3.05, 3.63) is 59.8 Å². The molecule has 0 radical (unpaired) electrons. The van der Waals surface area contributed by atoms with Crippen LogP contribution in [0.15, 0.2) is 59.2 Å². The number of amidine groups is 1. The predicted octanol–water partition coefficient (Wildman–Crippen LogP) is 3.46. The maximum atomic E-state index is 13.2. The summed E-state index contributed by atoms with van der Waals surface area (Å²) in [5.41, 5.74) is 1.77. The van der Waals surface area contributed by atoms with E-state index < -0.39 is 0 Å². The van der Waals surface area contributed by atoms with E-state index in [-0.39, 0.29) is 17.6 Å². The van der Waals surface area contributed by atoms with Crippen molar-refractivity contribution in [1.29, 1.82) is 0 Å². The normalized spacial score (nSPS) is 17.0. The monoisotopic (exact) mass is 437 g/mol. The number of carbonyl (C=O) groups excluding carboxylic acids is 2. The molecular weight excluding hydrogens is 414 g/mol. The number of amides is 2. The topological polar surface area (TPSA) is 80.2 Å². The van der Waals surface area contributed by atoms with E-state index in [4.69, 9.17) is 9.47 Å². The molecule has 160 valence electrons. The molecule has 0 aromatic heterocycles. The minimum Gasteiger partial charge on any atom is -0.497 e. The van der Waals surface area contributed by atoms with Gasteiger partial charge >= 0.3 is 0 Å². The molecule has 7 nitrogen and oxygen atoms in total. The molecule has 1 heterocycles. The number of hydrogen-bond acceptors (Lipinski definition) is 6. The van der Waals surface area contributed by atoms with E-state index in [1.807, 2.05) is 42.5 Å². The van der Waals surface area contributed by atoms with Crippen molar-refractivity contribution in [3.8, 4) is 11.5 Å². The summed E-state index contributed by atoms with van der Waals surface area (Å²) in [4.78, 5) is 31.5. The minimum atomic E-state index is -0.255. The van der Waals surface area contributed by atoms with Crippen molar-refractivity contribution in [2.75, 3.05) is 24.9 Å². The van der Waals surface area contributed by atoms with E-state index >= 15 is 0 Å². The van der Waals surface area contributed by atoms with Gasteiger partial charge in [0, 0.05) is 12.1 Å². The van der Waals surface area contributed by atoms with Gasteiger partial charge in [0.25, 0.3) is 5.91 Å². The van der Waals surface area contributed by atoms with Gasteiger partial charge < -0.3 is 14.8 Å². The quantitative estimate of drug-likeness (QED) is 0.671. The number of aliphatic imine (C=N–C) groups is 1. The first kappa shape index (κ1) is 21.0. The van der Waals surface area contributed by atoms with Crippen molar-refractivity contribution in [2.24, 2.45) is 4.99 Å². The molecule has 2 aliphatic rings. The zero-order chi connectivity index (χ0) is 21.8. The van der Waals surface area contributed by atoms with Gasteiger partial charge in [-0.05, 0) is 48.7 Å². The summed E-state index contributed by atoms with van der Waals surface area (Å²) >= 11 is 1.24. The second-order valence-electron chi connectivity index (χ2n) is 7.17. The molecule has 2 amide bonds. The number of methoxy groups -OCH3 is 2. The van der Waals surface area contributed by atoms with Crippen molar-refractivity contribution in [3.63, 3.8) is 0 Å². The molecule has 4 rings (SSSR count). The third kappa shape index (κ3) is 5.08. The third-order valence-electron chi connectivity index (χ3n) is 4.84. The standard InChI is InChI=1S/C23H23N3O4S/c1-29-18-10-6-15(7-11-18)12-20-22(28)26(17-4-3-5-19(13-17)30-2)23(25-20)31-14-21(27)24-16-8-9-16/h3-7,10-13,16H,8-9,14H2,1-2H3,(H,24,27)/b20-12-. The first-order valence-electron chi connectivity index (χ1n) is 9.92. The fourth-order valence-electron chi connectivity index (χ4n) is 3.06. The summed E-state index contributed by atoms with van der Waals surface area (Å²) in [7, 11) is 3.18. The fourth-order valence-corrected chi connectivity index (χ4v) is 3.88. The van der Waals surface area contributed by atoms with Crippen LogP contribution < -0.4 is 19.7 Å². The van der Waals surface area contributed by atoms with E-state index in [2.05, 4.69) is 10.3 Å². The Bertz CT molecular complexity index is 1050. The van der Waals surface area contributed by atoms with Crippen LogP contribution in [0.4, 0.5) is 5.69 Å². The van der Waals surface area contributed by atoms with Crippen molar-refractivity contribution in [2.45, 2.75) is 18.9 Å². The van der Waals surface area contributed by atoms with Crippen LogP contribution in [0.2, 0.25) is 0 Å². The lowest BCUT2D eigenvalue weighted by molar-refractivity contribution is -0.118. The predicted molar refractivity (Wildman–Crippen MR) is 123 cm³/mol. The summed E-state index contributed by atoms with van der Waals surface area (Å²) in [6.07, 6.45) is 3.79. The van der Waals surface area contributed by atoms with E-state index in [1.165, 1.54) is 16.7 Å². The van der Waals surface area contributed by atoms with Gasteiger partial charge in [0.05, 0.1) is 25.7 Å². The molecule has 1 aliphatic heterocycles. The Kier molecular flexibility index (Phi) is 6.27. The molecule has 0 spiro atoms. The Morgan fingerprint density at radius 3 is 2.58 bits per heavy atom. The van der Waals surface area contributed by atoms with Gasteiger partial charge in [-0.25, -0.2) is 4.99 Å². The molecule has 0 bridgehead atoms. The number of ether oxygens (including phenoxy) is 2. The number of rotatable bonds is 7. The molecule has 2 aromatic rings. The highest BCUT2D eigenvalue weighted by Gasteiger charge is 2.33. The molecule has 0 saturated heterocycles. The summed E-state index contributed by atoms with van der Waals surface area (Å²) in [5, 5.41) is 3.42. The van der Waals surface area contributed by atoms with Gasteiger partial charge in [0.15, 0.2) is 5.17 Å². The number of carbonyl (C=O) groups is 2. The number of benzene rings is 2. The van der Waals surface area contributed by atoms with Crippen LogP contribution in [0, 0.1) is 0 Å². The van der Waals surface area contributed by atoms with Crippen LogP contribution in [0.3, 0.4) is 0 Å². The fraction of sp³-hybridized carbons (Fsp3) is 0.261. The second kappa shape index (κ2) is 9.26. The summed E-state index contributed by atoms with van der Waals surface area (Å²) < 4.78 is 10.5. The van der Waals surface area contributed by atoms with Crippen molar-refractivity contribution in [1.82, 2.24) is 5.32 Å². The highest BCUT2D eigenvalue weighted by Crippen LogP contribution is 2.31. The van der Waals surface area contributed by atoms with Gasteiger partial charge in [0.1, 0.15) is 17.2 Å². The Morgan fingerprint density at radius 2 is 1.90 bits per heavy atom.